The lowest BCUT2D eigenvalue weighted by Gasteiger charge is -2.11. The Morgan fingerprint density at radius 2 is 1.82 bits per heavy atom. The highest BCUT2D eigenvalue weighted by Gasteiger charge is 2.15. The summed E-state index contributed by atoms with van der Waals surface area (Å²) < 4.78 is 0.951. The number of aryl methyl sites for hydroxylation is 3. The summed E-state index contributed by atoms with van der Waals surface area (Å²) in [5.74, 6) is -0.188. The summed E-state index contributed by atoms with van der Waals surface area (Å²) in [5, 5.41) is 4.04. The second-order valence-electron chi connectivity index (χ2n) is 5.36. The Morgan fingerprint density at radius 1 is 1.14 bits per heavy atom. The topological polar surface area (TPSA) is 42.0 Å². The first kappa shape index (κ1) is 15.0. The summed E-state index contributed by atoms with van der Waals surface area (Å²) in [4.78, 5) is 16.8. The molecule has 0 atom stereocenters. The van der Waals surface area contributed by atoms with Crippen molar-refractivity contribution in [3.63, 3.8) is 0 Å². The molecule has 1 aromatic heterocycles. The molecule has 1 amide bonds. The number of hydrogen-bond acceptors (Lipinski definition) is 3. The number of amides is 1. The highest BCUT2D eigenvalue weighted by atomic mass is 35.5. The molecule has 1 heterocycles. The summed E-state index contributed by atoms with van der Waals surface area (Å²) in [6.45, 7) is 6.03. The van der Waals surface area contributed by atoms with Crippen LogP contribution in [0.1, 0.15) is 26.5 Å². The molecule has 0 spiro atoms. The molecule has 112 valence electrons. The average Bonchev–Trinajstić information content (AvgIpc) is 2.85. The Bertz CT molecular complexity index is 862. The Morgan fingerprint density at radius 3 is 2.50 bits per heavy atom. The van der Waals surface area contributed by atoms with Gasteiger partial charge in [-0.15, -0.1) is 11.3 Å². The fourth-order valence-corrected chi connectivity index (χ4v) is 3.55. The van der Waals surface area contributed by atoms with Crippen LogP contribution in [0.4, 0.5) is 5.69 Å². The smallest absolute Gasteiger partial charge is 0.284 e. The third-order valence-electron chi connectivity index (χ3n) is 3.46. The van der Waals surface area contributed by atoms with Crippen LogP contribution < -0.4 is 5.32 Å². The standard InChI is InChI=1S/C17H15ClN2OS/c1-9-6-10(2)15(11(3)7-9)20-16(21)17-19-13-8-12(18)4-5-14(13)22-17/h4-8H,1-3H3,(H,20,21). The summed E-state index contributed by atoms with van der Waals surface area (Å²) in [7, 11) is 0. The van der Waals surface area contributed by atoms with Crippen LogP contribution in [0.5, 0.6) is 0 Å². The van der Waals surface area contributed by atoms with E-state index in [0.717, 1.165) is 27.0 Å². The zero-order chi connectivity index (χ0) is 15.9. The van der Waals surface area contributed by atoms with E-state index in [2.05, 4.69) is 22.4 Å². The number of carbonyl (C=O) groups is 1. The van der Waals surface area contributed by atoms with Gasteiger partial charge in [-0.3, -0.25) is 4.79 Å². The fraction of sp³-hybridized carbons (Fsp3) is 0.176. The highest BCUT2D eigenvalue weighted by molar-refractivity contribution is 7.20. The van der Waals surface area contributed by atoms with Crippen molar-refractivity contribution in [2.45, 2.75) is 20.8 Å². The van der Waals surface area contributed by atoms with E-state index in [-0.39, 0.29) is 5.91 Å². The van der Waals surface area contributed by atoms with Crippen molar-refractivity contribution >= 4 is 44.7 Å². The van der Waals surface area contributed by atoms with E-state index in [1.165, 1.54) is 16.9 Å². The number of benzene rings is 2. The van der Waals surface area contributed by atoms with Crippen LogP contribution in [0.2, 0.25) is 5.02 Å². The summed E-state index contributed by atoms with van der Waals surface area (Å²) in [5.41, 5.74) is 4.89. The van der Waals surface area contributed by atoms with Gasteiger partial charge in [0, 0.05) is 10.7 Å². The maximum atomic E-state index is 12.5. The zero-order valence-corrected chi connectivity index (χ0v) is 14.1. The number of carbonyl (C=O) groups excluding carboxylic acids is 1. The first-order valence-electron chi connectivity index (χ1n) is 6.89. The molecular formula is C17H15ClN2OS. The van der Waals surface area contributed by atoms with Crippen molar-refractivity contribution in [1.82, 2.24) is 4.98 Å². The minimum absolute atomic E-state index is 0.188. The third-order valence-corrected chi connectivity index (χ3v) is 4.73. The molecule has 3 rings (SSSR count). The minimum atomic E-state index is -0.188. The van der Waals surface area contributed by atoms with Crippen LogP contribution in [0, 0.1) is 20.8 Å². The van der Waals surface area contributed by atoms with Gasteiger partial charge in [-0.25, -0.2) is 4.98 Å². The normalized spacial score (nSPS) is 10.9. The number of hydrogen-bond donors (Lipinski definition) is 1. The molecule has 0 bridgehead atoms. The number of halogens is 1. The van der Waals surface area contributed by atoms with Crippen molar-refractivity contribution in [1.29, 1.82) is 0 Å². The molecule has 2 aromatic carbocycles. The van der Waals surface area contributed by atoms with Gasteiger partial charge in [-0.2, -0.15) is 0 Å². The van der Waals surface area contributed by atoms with Crippen LogP contribution in [0.25, 0.3) is 10.2 Å². The molecule has 0 radical (unpaired) electrons. The van der Waals surface area contributed by atoms with Gasteiger partial charge in [-0.05, 0) is 50.1 Å². The van der Waals surface area contributed by atoms with Crippen molar-refractivity contribution in [3.8, 4) is 0 Å². The van der Waals surface area contributed by atoms with E-state index in [9.17, 15) is 4.79 Å². The number of fused-ring (bicyclic) bond motifs is 1. The quantitative estimate of drug-likeness (QED) is 0.708. The maximum Gasteiger partial charge on any atom is 0.284 e. The van der Waals surface area contributed by atoms with Crippen molar-refractivity contribution in [3.05, 3.63) is 57.1 Å². The first-order valence-corrected chi connectivity index (χ1v) is 8.09. The predicted molar refractivity (Wildman–Crippen MR) is 93.2 cm³/mol. The molecule has 0 aliphatic carbocycles. The third kappa shape index (κ3) is 2.85. The maximum absolute atomic E-state index is 12.5. The van der Waals surface area contributed by atoms with Gasteiger partial charge in [0.25, 0.3) is 5.91 Å². The molecule has 1 N–H and O–H groups in total. The van der Waals surface area contributed by atoms with E-state index < -0.39 is 0 Å². The molecule has 0 fully saturated rings. The number of rotatable bonds is 2. The van der Waals surface area contributed by atoms with Gasteiger partial charge in [0.05, 0.1) is 10.2 Å². The lowest BCUT2D eigenvalue weighted by atomic mass is 10.1. The van der Waals surface area contributed by atoms with E-state index in [1.54, 1.807) is 12.1 Å². The number of aromatic nitrogens is 1. The molecule has 0 aliphatic heterocycles. The Labute approximate surface area is 138 Å². The summed E-state index contributed by atoms with van der Waals surface area (Å²) in [6, 6.07) is 9.57. The lowest BCUT2D eigenvalue weighted by Crippen LogP contribution is -2.13. The van der Waals surface area contributed by atoms with Crippen LogP contribution in [0.3, 0.4) is 0 Å². The number of nitrogens with one attached hydrogen (secondary N) is 1. The van der Waals surface area contributed by atoms with Crippen molar-refractivity contribution in [2.75, 3.05) is 5.32 Å². The summed E-state index contributed by atoms with van der Waals surface area (Å²) >= 11 is 7.32. The molecule has 3 nitrogen and oxygen atoms in total. The Kier molecular flexibility index (Phi) is 3.89. The van der Waals surface area contributed by atoms with Gasteiger partial charge in [0.15, 0.2) is 5.01 Å². The summed E-state index contributed by atoms with van der Waals surface area (Å²) in [6.07, 6.45) is 0. The van der Waals surface area contributed by atoms with Gasteiger partial charge in [0.1, 0.15) is 0 Å². The van der Waals surface area contributed by atoms with Crippen LogP contribution >= 0.6 is 22.9 Å². The van der Waals surface area contributed by atoms with E-state index in [0.29, 0.717) is 10.0 Å². The minimum Gasteiger partial charge on any atom is -0.319 e. The predicted octanol–water partition coefficient (Wildman–Crippen LogP) is 5.13. The molecule has 5 heteroatoms. The lowest BCUT2D eigenvalue weighted by molar-refractivity contribution is 0.102. The molecule has 22 heavy (non-hydrogen) atoms. The van der Waals surface area contributed by atoms with E-state index in [4.69, 9.17) is 11.6 Å². The van der Waals surface area contributed by atoms with Gasteiger partial charge in [-0.1, -0.05) is 29.3 Å². The Balaban J connectivity index is 1.93. The van der Waals surface area contributed by atoms with Gasteiger partial charge in [0.2, 0.25) is 0 Å². The fourth-order valence-electron chi connectivity index (χ4n) is 2.54. The number of nitrogens with zero attached hydrogens (tertiary/aromatic N) is 1. The molecular weight excluding hydrogens is 316 g/mol. The second kappa shape index (κ2) is 5.71. The van der Waals surface area contributed by atoms with E-state index >= 15 is 0 Å². The van der Waals surface area contributed by atoms with Crippen LogP contribution in [-0.4, -0.2) is 10.9 Å². The zero-order valence-electron chi connectivity index (χ0n) is 12.5. The molecule has 3 aromatic rings. The monoisotopic (exact) mass is 330 g/mol. The van der Waals surface area contributed by atoms with Crippen LogP contribution in [0.15, 0.2) is 30.3 Å². The highest BCUT2D eigenvalue weighted by Crippen LogP contribution is 2.27. The van der Waals surface area contributed by atoms with Crippen molar-refractivity contribution < 1.29 is 4.79 Å². The molecule has 0 saturated heterocycles. The molecule has 0 unspecified atom stereocenters. The SMILES string of the molecule is Cc1cc(C)c(NC(=O)c2nc3cc(Cl)ccc3s2)c(C)c1. The van der Waals surface area contributed by atoms with Crippen molar-refractivity contribution in [2.24, 2.45) is 0 Å². The molecule has 0 saturated carbocycles. The van der Waals surface area contributed by atoms with Crippen LogP contribution in [-0.2, 0) is 0 Å². The van der Waals surface area contributed by atoms with E-state index in [1.807, 2.05) is 26.8 Å². The molecule has 0 aliphatic rings. The van der Waals surface area contributed by atoms with Gasteiger partial charge >= 0.3 is 0 Å². The average molecular weight is 331 g/mol. The first-order chi connectivity index (χ1) is 10.4. The number of thiazole rings is 1. The number of anilines is 1. The van der Waals surface area contributed by atoms with Gasteiger partial charge < -0.3 is 5.32 Å². The Hall–Kier alpha value is -1.91. The largest absolute Gasteiger partial charge is 0.319 e. The second-order valence-corrected chi connectivity index (χ2v) is 6.83.